The molecule has 1 aliphatic heterocycles. The maximum Gasteiger partial charge on any atom is 0.272 e. The maximum atomic E-state index is 11.8. The molecule has 0 spiro atoms. The van der Waals surface area contributed by atoms with Crippen molar-refractivity contribution < 1.29 is 9.90 Å². The number of hydrogen-bond acceptors (Lipinski definition) is 4. The fraction of sp³-hybridized carbons (Fsp3) is 0.538. The highest BCUT2D eigenvalue weighted by molar-refractivity contribution is 5.92. The number of anilines is 1. The maximum absolute atomic E-state index is 11.8. The molecule has 0 saturated carbocycles. The number of amides is 1. The molecule has 0 bridgehead atoms. The second-order valence-electron chi connectivity index (χ2n) is 4.82. The Hall–Kier alpha value is -1.62. The lowest BCUT2D eigenvalue weighted by Crippen LogP contribution is -2.36. The third kappa shape index (κ3) is 2.79. The molecule has 2 heterocycles. The van der Waals surface area contributed by atoms with Crippen molar-refractivity contribution in [3.05, 3.63) is 24.0 Å². The minimum absolute atomic E-state index is 0.0890. The summed E-state index contributed by atoms with van der Waals surface area (Å²) in [5, 5.41) is 9.49. The quantitative estimate of drug-likeness (QED) is 0.840. The van der Waals surface area contributed by atoms with Crippen molar-refractivity contribution in [2.45, 2.75) is 18.9 Å². The van der Waals surface area contributed by atoms with Crippen LogP contribution < -0.4 is 4.90 Å². The molecule has 98 valence electrons. The van der Waals surface area contributed by atoms with E-state index in [4.69, 9.17) is 0 Å². The van der Waals surface area contributed by atoms with Crippen molar-refractivity contribution in [2.75, 3.05) is 32.1 Å². The molecule has 2 rings (SSSR count). The van der Waals surface area contributed by atoms with E-state index in [9.17, 15) is 9.90 Å². The van der Waals surface area contributed by atoms with Crippen LogP contribution in [0.5, 0.6) is 0 Å². The molecule has 1 aromatic heterocycles. The second-order valence-corrected chi connectivity index (χ2v) is 4.82. The van der Waals surface area contributed by atoms with Crippen molar-refractivity contribution in [1.82, 2.24) is 9.88 Å². The Kier molecular flexibility index (Phi) is 3.81. The zero-order chi connectivity index (χ0) is 13.1. The first-order valence-corrected chi connectivity index (χ1v) is 6.18. The first kappa shape index (κ1) is 12.8. The molecule has 5 heteroatoms. The monoisotopic (exact) mass is 249 g/mol. The van der Waals surface area contributed by atoms with Crippen LogP contribution in [-0.4, -0.2) is 54.2 Å². The number of carbonyl (C=O) groups excluding carboxylic acids is 1. The molecule has 1 amide bonds. The molecule has 0 radical (unpaired) electrons. The highest BCUT2D eigenvalue weighted by Gasteiger charge is 2.18. The molecule has 0 aliphatic carbocycles. The summed E-state index contributed by atoms with van der Waals surface area (Å²) in [6, 6.07) is 3.73. The number of nitrogens with zero attached hydrogens (tertiary/aromatic N) is 3. The van der Waals surface area contributed by atoms with Gasteiger partial charge >= 0.3 is 0 Å². The van der Waals surface area contributed by atoms with Crippen molar-refractivity contribution >= 4 is 11.6 Å². The lowest BCUT2D eigenvalue weighted by molar-refractivity contribution is 0.0822. The summed E-state index contributed by atoms with van der Waals surface area (Å²) in [5.41, 5.74) is 1.46. The van der Waals surface area contributed by atoms with E-state index in [0.717, 1.165) is 31.6 Å². The van der Waals surface area contributed by atoms with Crippen molar-refractivity contribution in [3.63, 3.8) is 0 Å². The van der Waals surface area contributed by atoms with E-state index in [0.29, 0.717) is 5.69 Å². The zero-order valence-corrected chi connectivity index (χ0v) is 10.8. The summed E-state index contributed by atoms with van der Waals surface area (Å²) >= 11 is 0. The smallest absolute Gasteiger partial charge is 0.272 e. The number of pyridine rings is 1. The molecule has 5 nitrogen and oxygen atoms in total. The van der Waals surface area contributed by atoms with Crippen LogP contribution in [0.2, 0.25) is 0 Å². The summed E-state index contributed by atoms with van der Waals surface area (Å²) in [7, 11) is 3.43. The predicted molar refractivity (Wildman–Crippen MR) is 69.7 cm³/mol. The molecule has 0 unspecified atom stereocenters. The molecule has 1 N–H and O–H groups in total. The van der Waals surface area contributed by atoms with E-state index in [2.05, 4.69) is 9.88 Å². The standard InChI is InChI=1S/C13H19N3O2/c1-15(2)13(18)12-9-10(3-6-14-12)16-7-4-11(17)5-8-16/h3,6,9,11,17H,4-5,7-8H2,1-2H3. The van der Waals surface area contributed by atoms with Gasteiger partial charge in [-0.2, -0.15) is 0 Å². The van der Waals surface area contributed by atoms with E-state index in [1.807, 2.05) is 12.1 Å². The molecule has 18 heavy (non-hydrogen) atoms. The van der Waals surface area contributed by atoms with Gasteiger partial charge in [0, 0.05) is 39.1 Å². The topological polar surface area (TPSA) is 56.7 Å². The van der Waals surface area contributed by atoms with Crippen LogP contribution in [0.4, 0.5) is 5.69 Å². The Morgan fingerprint density at radius 1 is 1.44 bits per heavy atom. The van der Waals surface area contributed by atoms with Gasteiger partial charge in [-0.15, -0.1) is 0 Å². The molecule has 1 fully saturated rings. The average Bonchev–Trinajstić information content (AvgIpc) is 2.38. The van der Waals surface area contributed by atoms with Gasteiger partial charge in [0.15, 0.2) is 0 Å². The van der Waals surface area contributed by atoms with E-state index >= 15 is 0 Å². The summed E-state index contributed by atoms with van der Waals surface area (Å²) in [4.78, 5) is 19.6. The summed E-state index contributed by atoms with van der Waals surface area (Å²) < 4.78 is 0. The van der Waals surface area contributed by atoms with Gasteiger partial charge in [0.05, 0.1) is 6.10 Å². The van der Waals surface area contributed by atoms with Gasteiger partial charge in [-0.05, 0) is 25.0 Å². The molecule has 1 aromatic rings. The van der Waals surface area contributed by atoms with Crippen molar-refractivity contribution in [1.29, 1.82) is 0 Å². The fourth-order valence-corrected chi connectivity index (χ4v) is 2.09. The largest absolute Gasteiger partial charge is 0.393 e. The van der Waals surface area contributed by atoms with Gasteiger partial charge in [0.1, 0.15) is 5.69 Å². The van der Waals surface area contributed by atoms with Crippen LogP contribution in [0.25, 0.3) is 0 Å². The van der Waals surface area contributed by atoms with Gasteiger partial charge < -0.3 is 14.9 Å². The Bertz CT molecular complexity index is 426. The van der Waals surface area contributed by atoms with Gasteiger partial charge in [-0.1, -0.05) is 0 Å². The minimum Gasteiger partial charge on any atom is -0.393 e. The van der Waals surface area contributed by atoms with Crippen LogP contribution in [0.15, 0.2) is 18.3 Å². The Morgan fingerprint density at radius 2 is 2.11 bits per heavy atom. The van der Waals surface area contributed by atoms with E-state index in [1.165, 1.54) is 4.90 Å². The van der Waals surface area contributed by atoms with Crippen molar-refractivity contribution in [2.24, 2.45) is 0 Å². The summed E-state index contributed by atoms with van der Waals surface area (Å²) in [6.45, 7) is 1.64. The Morgan fingerprint density at radius 3 is 2.72 bits per heavy atom. The van der Waals surface area contributed by atoms with Crippen LogP contribution in [-0.2, 0) is 0 Å². The number of carbonyl (C=O) groups is 1. The Labute approximate surface area is 107 Å². The normalized spacial score (nSPS) is 16.7. The number of aromatic nitrogens is 1. The van der Waals surface area contributed by atoms with E-state index in [-0.39, 0.29) is 12.0 Å². The van der Waals surface area contributed by atoms with Crippen LogP contribution >= 0.6 is 0 Å². The Balaban J connectivity index is 2.14. The lowest BCUT2D eigenvalue weighted by Gasteiger charge is -2.31. The molecule has 1 saturated heterocycles. The van der Waals surface area contributed by atoms with Gasteiger partial charge in [0.2, 0.25) is 0 Å². The zero-order valence-electron chi connectivity index (χ0n) is 10.8. The van der Waals surface area contributed by atoms with Crippen LogP contribution in [0.1, 0.15) is 23.3 Å². The summed E-state index contributed by atoms with van der Waals surface area (Å²) in [6.07, 6.45) is 3.03. The lowest BCUT2D eigenvalue weighted by atomic mass is 10.1. The first-order valence-electron chi connectivity index (χ1n) is 6.18. The van der Waals surface area contributed by atoms with Gasteiger partial charge in [0.25, 0.3) is 5.91 Å². The van der Waals surface area contributed by atoms with E-state index < -0.39 is 0 Å². The first-order chi connectivity index (χ1) is 8.58. The molecular formula is C13H19N3O2. The average molecular weight is 249 g/mol. The second kappa shape index (κ2) is 5.35. The van der Waals surface area contributed by atoms with Crippen LogP contribution in [0.3, 0.4) is 0 Å². The predicted octanol–water partition coefficient (Wildman–Crippen LogP) is 0.744. The third-order valence-electron chi connectivity index (χ3n) is 3.20. The highest BCUT2D eigenvalue weighted by Crippen LogP contribution is 2.20. The minimum atomic E-state index is -0.189. The number of hydrogen-bond donors (Lipinski definition) is 1. The molecule has 0 aromatic carbocycles. The van der Waals surface area contributed by atoms with Gasteiger partial charge in [-0.25, -0.2) is 0 Å². The SMILES string of the molecule is CN(C)C(=O)c1cc(N2CCC(O)CC2)ccn1. The number of piperidine rings is 1. The van der Waals surface area contributed by atoms with Crippen molar-refractivity contribution in [3.8, 4) is 0 Å². The highest BCUT2D eigenvalue weighted by atomic mass is 16.3. The third-order valence-corrected chi connectivity index (χ3v) is 3.20. The fourth-order valence-electron chi connectivity index (χ4n) is 2.09. The molecule has 1 aliphatic rings. The van der Waals surface area contributed by atoms with E-state index in [1.54, 1.807) is 20.3 Å². The van der Waals surface area contributed by atoms with Gasteiger partial charge in [-0.3, -0.25) is 9.78 Å². The number of aliphatic hydroxyl groups excluding tert-OH is 1. The van der Waals surface area contributed by atoms with Crippen LogP contribution in [0, 0.1) is 0 Å². The number of aliphatic hydroxyl groups is 1. The molecule has 0 atom stereocenters. The number of rotatable bonds is 2. The summed E-state index contributed by atoms with van der Waals surface area (Å²) in [5.74, 6) is -0.0890. The molecular weight excluding hydrogens is 230 g/mol.